The Labute approximate surface area is 198 Å². The second-order valence-corrected chi connectivity index (χ2v) is 8.33. The molecule has 0 saturated carbocycles. The summed E-state index contributed by atoms with van der Waals surface area (Å²) in [4.78, 5) is 26.6. The van der Waals surface area contributed by atoms with Crippen LogP contribution in [0.5, 0.6) is 5.75 Å². The third kappa shape index (κ3) is 5.18. The van der Waals surface area contributed by atoms with Crippen LogP contribution in [0.15, 0.2) is 77.9 Å². The second kappa shape index (κ2) is 10.4. The number of ether oxygens (including phenoxy) is 1. The molecule has 176 valence electrons. The summed E-state index contributed by atoms with van der Waals surface area (Å²) in [6, 6.07) is 14.3. The summed E-state index contributed by atoms with van der Waals surface area (Å²) in [6.07, 6.45) is 4.42. The quantitative estimate of drug-likeness (QED) is 0.269. The first-order valence-electron chi connectivity index (χ1n) is 11.3. The van der Waals surface area contributed by atoms with Gasteiger partial charge in [-0.05, 0) is 62.1 Å². The summed E-state index contributed by atoms with van der Waals surface area (Å²) < 4.78 is 5.98. The molecule has 1 atom stereocenters. The fourth-order valence-corrected chi connectivity index (χ4v) is 4.01. The number of nitrogens with zero attached hydrogens (tertiary/aromatic N) is 3. The lowest BCUT2D eigenvalue weighted by Crippen LogP contribution is -2.39. The van der Waals surface area contributed by atoms with Crippen molar-refractivity contribution in [1.82, 2.24) is 14.9 Å². The Morgan fingerprint density at radius 1 is 1.26 bits per heavy atom. The fourth-order valence-electron chi connectivity index (χ4n) is 4.01. The molecule has 1 aliphatic heterocycles. The maximum atomic E-state index is 12.9. The molecule has 0 aliphatic carbocycles. The molecule has 8 nitrogen and oxygen atoms in total. The molecule has 1 fully saturated rings. The van der Waals surface area contributed by atoms with Crippen LogP contribution in [0.2, 0.25) is 0 Å². The van der Waals surface area contributed by atoms with E-state index in [1.807, 2.05) is 36.1 Å². The molecule has 2 aromatic carbocycles. The van der Waals surface area contributed by atoms with Crippen LogP contribution < -0.4 is 10.5 Å². The van der Waals surface area contributed by atoms with E-state index in [-0.39, 0.29) is 29.5 Å². The predicted octanol–water partition coefficient (Wildman–Crippen LogP) is 3.61. The summed E-state index contributed by atoms with van der Waals surface area (Å²) in [5, 5.41) is 9.84. The number of fused-ring (bicyclic) bond motifs is 1. The molecule has 4 N–H and O–H groups in total. The van der Waals surface area contributed by atoms with Crippen molar-refractivity contribution in [3.63, 3.8) is 0 Å². The molecule has 0 unspecified atom stereocenters. The van der Waals surface area contributed by atoms with Crippen molar-refractivity contribution in [2.24, 2.45) is 16.6 Å². The van der Waals surface area contributed by atoms with E-state index >= 15 is 0 Å². The van der Waals surface area contributed by atoms with Crippen molar-refractivity contribution in [3.8, 4) is 5.75 Å². The Kier molecular flexibility index (Phi) is 7.08. The number of ketones is 1. The van der Waals surface area contributed by atoms with Crippen molar-refractivity contribution in [3.05, 3.63) is 84.3 Å². The molecule has 1 aromatic heterocycles. The highest BCUT2D eigenvalue weighted by Crippen LogP contribution is 2.25. The molecule has 0 spiro atoms. The van der Waals surface area contributed by atoms with Crippen molar-refractivity contribution in [2.75, 3.05) is 13.1 Å². The summed E-state index contributed by atoms with van der Waals surface area (Å²) in [5.41, 5.74) is 8.44. The molecule has 4 rings (SSSR count). The average molecular weight is 460 g/mol. The second-order valence-electron chi connectivity index (χ2n) is 8.33. The number of hydrogen-bond donors (Lipinski definition) is 3. The number of H-pyrrole nitrogens is 1. The lowest BCUT2D eigenvalue weighted by atomic mass is 9.92. The van der Waals surface area contributed by atoms with Crippen molar-refractivity contribution >= 4 is 23.0 Å². The summed E-state index contributed by atoms with van der Waals surface area (Å²) in [7, 11) is 0. The maximum Gasteiger partial charge on any atom is 0.260 e. The number of aromatic amines is 1. The number of aliphatic hydroxyl groups is 1. The first-order valence-corrected chi connectivity index (χ1v) is 11.3. The lowest BCUT2D eigenvalue weighted by molar-refractivity contribution is 0.0799. The number of aliphatic hydroxyl groups excluding tert-OH is 1. The van der Waals surface area contributed by atoms with Gasteiger partial charge in [-0.15, -0.1) is 0 Å². The molecule has 1 saturated heterocycles. The fraction of sp³-hybridized carbons (Fsp3) is 0.269. The lowest BCUT2D eigenvalue weighted by Gasteiger charge is -2.34. The third-order valence-corrected chi connectivity index (χ3v) is 6.01. The number of likely N-dealkylation sites (tertiary alicyclic amines) is 1. The largest absolute Gasteiger partial charge is 0.436 e. The van der Waals surface area contributed by atoms with Gasteiger partial charge in [0, 0.05) is 24.9 Å². The smallest absolute Gasteiger partial charge is 0.260 e. The Balaban J connectivity index is 1.50. The Hall–Kier alpha value is -3.91. The molecule has 3 aromatic rings. The van der Waals surface area contributed by atoms with Gasteiger partial charge in [0.05, 0.1) is 17.1 Å². The molecule has 34 heavy (non-hydrogen) atoms. The highest BCUT2D eigenvalue weighted by molar-refractivity contribution is 6.08. The SMILES string of the molecule is C=CC=N/C(Oc1ccc(C(=O)c2nc3ccccc3[nH]2)cc1)=C(\N)N1CCC([C@H](C)O)CC1. The third-order valence-electron chi connectivity index (χ3n) is 6.01. The Morgan fingerprint density at radius 3 is 2.62 bits per heavy atom. The number of carbonyl (C=O) groups excluding carboxylic acids is 1. The summed E-state index contributed by atoms with van der Waals surface area (Å²) >= 11 is 0. The molecule has 2 heterocycles. The minimum absolute atomic E-state index is 0.205. The number of aromatic nitrogens is 2. The van der Waals surface area contributed by atoms with E-state index < -0.39 is 0 Å². The number of allylic oxidation sites excluding steroid dienone is 1. The number of para-hydroxylation sites is 2. The van der Waals surface area contributed by atoms with Gasteiger partial charge >= 0.3 is 0 Å². The van der Waals surface area contributed by atoms with Gasteiger partial charge in [-0.25, -0.2) is 9.98 Å². The minimum atomic E-state index is -0.331. The number of hydrogen-bond acceptors (Lipinski definition) is 7. The number of piperidine rings is 1. The highest BCUT2D eigenvalue weighted by Gasteiger charge is 2.25. The zero-order valence-electron chi connectivity index (χ0n) is 19.1. The number of nitrogens with one attached hydrogen (secondary N) is 1. The van der Waals surface area contributed by atoms with E-state index in [1.54, 1.807) is 30.3 Å². The number of imidazole rings is 1. The van der Waals surface area contributed by atoms with Crippen LogP contribution in [0, 0.1) is 5.92 Å². The normalized spacial score (nSPS) is 16.5. The average Bonchev–Trinajstić information content (AvgIpc) is 3.30. The number of rotatable bonds is 8. The van der Waals surface area contributed by atoms with Crippen LogP contribution in [0.3, 0.4) is 0 Å². The zero-order valence-corrected chi connectivity index (χ0v) is 19.1. The molecule has 0 amide bonds. The summed E-state index contributed by atoms with van der Waals surface area (Å²) in [6.45, 7) is 6.91. The van der Waals surface area contributed by atoms with Crippen molar-refractivity contribution < 1.29 is 14.6 Å². The van der Waals surface area contributed by atoms with Gasteiger partial charge in [0.1, 0.15) is 5.75 Å². The van der Waals surface area contributed by atoms with Crippen LogP contribution in [0.1, 0.15) is 35.9 Å². The van der Waals surface area contributed by atoms with Crippen LogP contribution in [-0.4, -0.2) is 51.2 Å². The van der Waals surface area contributed by atoms with Gasteiger partial charge < -0.3 is 25.5 Å². The van der Waals surface area contributed by atoms with Crippen LogP contribution in [-0.2, 0) is 0 Å². The molecule has 8 heteroatoms. The number of benzene rings is 2. The van der Waals surface area contributed by atoms with Crippen LogP contribution in [0.25, 0.3) is 11.0 Å². The standard InChI is InChI=1S/C26H29N5O3/c1-3-14-28-26(24(27)31-15-12-18(13-16-31)17(2)32)34-20-10-8-19(9-11-20)23(33)25-29-21-6-4-5-7-22(21)30-25/h3-11,14,17-18,32H,1,12-13,15-16,27H2,2H3,(H,29,30)/b26-24-,28-14?/t17-/m0/s1. The predicted molar refractivity (Wildman–Crippen MR) is 132 cm³/mol. The monoisotopic (exact) mass is 459 g/mol. The van der Waals surface area contributed by atoms with E-state index in [4.69, 9.17) is 10.5 Å². The van der Waals surface area contributed by atoms with Gasteiger partial charge in [0.15, 0.2) is 11.6 Å². The van der Waals surface area contributed by atoms with Crippen molar-refractivity contribution in [2.45, 2.75) is 25.9 Å². The van der Waals surface area contributed by atoms with E-state index in [0.29, 0.717) is 30.2 Å². The van der Waals surface area contributed by atoms with Gasteiger partial charge in [-0.2, -0.15) is 0 Å². The minimum Gasteiger partial charge on any atom is -0.436 e. The van der Waals surface area contributed by atoms with Gasteiger partial charge in [0.25, 0.3) is 5.88 Å². The molecule has 1 aliphatic rings. The van der Waals surface area contributed by atoms with E-state index in [1.165, 1.54) is 6.21 Å². The first-order chi connectivity index (χ1) is 16.5. The van der Waals surface area contributed by atoms with E-state index in [2.05, 4.69) is 21.5 Å². The molecule has 0 radical (unpaired) electrons. The van der Waals surface area contributed by atoms with E-state index in [9.17, 15) is 9.90 Å². The Bertz CT molecular complexity index is 1190. The zero-order chi connectivity index (χ0) is 24.1. The van der Waals surface area contributed by atoms with Gasteiger partial charge in [0.2, 0.25) is 5.78 Å². The molecular weight excluding hydrogens is 430 g/mol. The van der Waals surface area contributed by atoms with Gasteiger partial charge in [-0.3, -0.25) is 4.79 Å². The van der Waals surface area contributed by atoms with Crippen LogP contribution in [0.4, 0.5) is 0 Å². The van der Waals surface area contributed by atoms with Crippen molar-refractivity contribution in [1.29, 1.82) is 0 Å². The molecular formula is C26H29N5O3. The summed E-state index contributed by atoms with van der Waals surface area (Å²) in [5.74, 6) is 1.53. The number of aliphatic imine (C=N–C) groups is 1. The number of nitrogens with two attached hydrogens (primary N) is 1. The Morgan fingerprint density at radius 2 is 1.97 bits per heavy atom. The molecule has 0 bridgehead atoms. The highest BCUT2D eigenvalue weighted by atomic mass is 16.5. The van der Waals surface area contributed by atoms with Gasteiger partial charge in [-0.1, -0.05) is 24.8 Å². The van der Waals surface area contributed by atoms with E-state index in [0.717, 1.165) is 23.9 Å². The topological polar surface area (TPSA) is 117 Å². The first kappa shape index (κ1) is 23.3. The van der Waals surface area contributed by atoms with Crippen LogP contribution >= 0.6 is 0 Å². The number of carbonyl (C=O) groups is 1. The maximum absolute atomic E-state index is 12.9.